The molecule has 0 heterocycles. The van der Waals surface area contributed by atoms with Crippen molar-refractivity contribution in [2.75, 3.05) is 23.1 Å². The Bertz CT molecular complexity index is 1150. The molecular weight excluding hydrogens is 464 g/mol. The highest BCUT2D eigenvalue weighted by atomic mass is 15.5. The first kappa shape index (κ1) is 26.9. The molecule has 0 N–H and O–H groups in total. The number of hydrazone groups is 2. The molecule has 0 saturated carbocycles. The van der Waals surface area contributed by atoms with Crippen molar-refractivity contribution in [3.8, 4) is 0 Å². The second kappa shape index (κ2) is 14.5. The molecule has 2 aromatic carbocycles. The van der Waals surface area contributed by atoms with Crippen LogP contribution < -0.4 is 10.0 Å². The normalized spacial score (nSPS) is 14.6. The summed E-state index contributed by atoms with van der Waals surface area (Å²) in [6.45, 7) is 9.95. The van der Waals surface area contributed by atoms with Crippen LogP contribution in [0.4, 0.5) is 11.4 Å². The van der Waals surface area contributed by atoms with E-state index in [0.717, 1.165) is 59.6 Å². The van der Waals surface area contributed by atoms with Gasteiger partial charge < -0.3 is 0 Å². The third kappa shape index (κ3) is 8.17. The minimum absolute atomic E-state index is 0.903. The van der Waals surface area contributed by atoms with Gasteiger partial charge in [0.2, 0.25) is 0 Å². The highest BCUT2D eigenvalue weighted by molar-refractivity contribution is 5.89. The zero-order valence-electron chi connectivity index (χ0n) is 22.3. The van der Waals surface area contributed by atoms with E-state index < -0.39 is 0 Å². The van der Waals surface area contributed by atoms with Crippen molar-refractivity contribution < 1.29 is 0 Å². The third-order valence-corrected chi connectivity index (χ3v) is 6.66. The Morgan fingerprint density at radius 1 is 0.553 bits per heavy atom. The van der Waals surface area contributed by atoms with Gasteiger partial charge in [0.15, 0.2) is 0 Å². The molecule has 38 heavy (non-hydrogen) atoms. The number of nitrogens with zero attached hydrogens (tertiary/aromatic N) is 4. The first-order chi connectivity index (χ1) is 18.7. The summed E-state index contributed by atoms with van der Waals surface area (Å²) in [5.41, 5.74) is 6.40. The minimum atomic E-state index is 0.903. The largest absolute Gasteiger partial charge is 0.266 e. The second-order valence-electron chi connectivity index (χ2n) is 9.54. The molecule has 0 spiro atoms. The molecule has 0 atom stereocenters. The van der Waals surface area contributed by atoms with Gasteiger partial charge in [-0.2, -0.15) is 10.2 Å². The highest BCUT2D eigenvalue weighted by Crippen LogP contribution is 2.20. The van der Waals surface area contributed by atoms with Crippen LogP contribution >= 0.6 is 0 Å². The van der Waals surface area contributed by atoms with E-state index in [1.165, 1.54) is 25.7 Å². The van der Waals surface area contributed by atoms with Crippen molar-refractivity contribution in [3.63, 3.8) is 0 Å². The van der Waals surface area contributed by atoms with Crippen molar-refractivity contribution in [3.05, 3.63) is 133 Å². The predicted molar refractivity (Wildman–Crippen MR) is 165 cm³/mol. The fourth-order valence-corrected chi connectivity index (χ4v) is 4.40. The number of rotatable bonds is 15. The number of hydrogen-bond donors (Lipinski definition) is 0. The Labute approximate surface area is 228 Å². The van der Waals surface area contributed by atoms with Gasteiger partial charge in [-0.25, -0.2) is 0 Å². The Kier molecular flexibility index (Phi) is 10.3. The molecule has 2 aromatic rings. The Balaban J connectivity index is 1.19. The van der Waals surface area contributed by atoms with E-state index in [4.69, 9.17) is 10.2 Å². The number of para-hydroxylation sites is 2. The zero-order valence-corrected chi connectivity index (χ0v) is 22.3. The summed E-state index contributed by atoms with van der Waals surface area (Å²) >= 11 is 0. The monoisotopic (exact) mass is 502 g/mol. The van der Waals surface area contributed by atoms with Crippen LogP contribution in [0.1, 0.15) is 38.5 Å². The molecule has 0 bridgehead atoms. The molecule has 4 nitrogen and oxygen atoms in total. The summed E-state index contributed by atoms with van der Waals surface area (Å²) in [7, 11) is 0. The number of unbranched alkanes of at least 4 members (excludes halogenated alkanes) is 5. The molecule has 4 heteroatoms. The van der Waals surface area contributed by atoms with E-state index in [1.54, 1.807) is 0 Å². The first-order valence-corrected chi connectivity index (χ1v) is 13.6. The number of benzene rings is 2. The van der Waals surface area contributed by atoms with Gasteiger partial charge in [0.1, 0.15) is 0 Å². The number of hydrogen-bond acceptors (Lipinski definition) is 4. The maximum Gasteiger partial charge on any atom is 0.0593 e. The maximum atomic E-state index is 4.78. The van der Waals surface area contributed by atoms with Gasteiger partial charge in [-0.3, -0.25) is 10.0 Å². The van der Waals surface area contributed by atoms with Gasteiger partial charge in [-0.1, -0.05) is 112 Å². The van der Waals surface area contributed by atoms with Gasteiger partial charge in [-0.15, -0.1) is 0 Å². The molecule has 0 amide bonds. The van der Waals surface area contributed by atoms with Crippen LogP contribution in [0, 0.1) is 0 Å². The van der Waals surface area contributed by atoms with E-state index in [-0.39, 0.29) is 0 Å². The lowest BCUT2D eigenvalue weighted by atomic mass is 10.1. The summed E-state index contributed by atoms with van der Waals surface area (Å²) in [5, 5.41) is 13.8. The van der Waals surface area contributed by atoms with Gasteiger partial charge in [0, 0.05) is 24.2 Å². The van der Waals surface area contributed by atoms with Gasteiger partial charge >= 0.3 is 0 Å². The third-order valence-electron chi connectivity index (χ3n) is 6.66. The summed E-state index contributed by atoms with van der Waals surface area (Å²) in [5.74, 6) is 0. The average molecular weight is 503 g/mol. The standard InChI is InChI=1S/C34H38N4/c1-29-17-15-19-31(29)27-35-37(33-21-9-7-10-22-33)25-13-5-3-4-6-14-26-38(34-23-11-8-12-24-34)36-28-32-20-16-18-30(32)2/h7-12,15-24,27-28H,1-6,13-14,25-26H2/b35-27+,36-28+. The summed E-state index contributed by atoms with van der Waals surface area (Å²) < 4.78 is 0. The molecule has 194 valence electrons. The minimum Gasteiger partial charge on any atom is -0.266 e. The van der Waals surface area contributed by atoms with Crippen LogP contribution in [0.5, 0.6) is 0 Å². The van der Waals surface area contributed by atoms with Crippen LogP contribution in [-0.4, -0.2) is 25.5 Å². The highest BCUT2D eigenvalue weighted by Gasteiger charge is 2.08. The quantitative estimate of drug-likeness (QED) is 0.139. The van der Waals surface area contributed by atoms with Crippen molar-refractivity contribution in [2.45, 2.75) is 38.5 Å². The topological polar surface area (TPSA) is 31.2 Å². The lowest BCUT2D eigenvalue weighted by Gasteiger charge is -2.20. The molecular formula is C34H38N4. The Hall–Kier alpha value is -4.18. The Morgan fingerprint density at radius 3 is 1.32 bits per heavy atom. The zero-order chi connectivity index (χ0) is 26.4. The molecule has 0 aromatic heterocycles. The molecule has 0 aliphatic heterocycles. The number of anilines is 2. The summed E-state index contributed by atoms with van der Waals surface area (Å²) in [4.78, 5) is 0. The molecule has 0 radical (unpaired) electrons. The SMILES string of the molecule is C=C1C=CC=C1/C=N/N(CCCCCCCCN(/N=C/C1=CC=CC1=C)c1ccccc1)c1ccccc1. The van der Waals surface area contributed by atoms with Gasteiger partial charge in [0.05, 0.1) is 23.8 Å². The van der Waals surface area contributed by atoms with Crippen LogP contribution in [0.15, 0.2) is 143 Å². The van der Waals surface area contributed by atoms with Gasteiger partial charge in [-0.05, 0) is 48.3 Å². The molecule has 0 unspecified atom stereocenters. The predicted octanol–water partition coefficient (Wildman–Crippen LogP) is 8.42. The van der Waals surface area contributed by atoms with Crippen molar-refractivity contribution in [1.82, 2.24) is 0 Å². The molecule has 2 aliphatic carbocycles. The molecule has 0 saturated heterocycles. The Morgan fingerprint density at radius 2 is 0.947 bits per heavy atom. The summed E-state index contributed by atoms with van der Waals surface area (Å²) in [6, 6.07) is 20.8. The van der Waals surface area contributed by atoms with E-state index in [2.05, 4.69) is 83.9 Å². The molecule has 4 rings (SSSR count). The number of allylic oxidation sites excluding steroid dienone is 10. The van der Waals surface area contributed by atoms with E-state index >= 15 is 0 Å². The second-order valence-corrected chi connectivity index (χ2v) is 9.54. The van der Waals surface area contributed by atoms with Crippen LogP contribution in [0.25, 0.3) is 0 Å². The van der Waals surface area contributed by atoms with Crippen molar-refractivity contribution >= 4 is 23.8 Å². The lowest BCUT2D eigenvalue weighted by molar-refractivity contribution is 0.586. The van der Waals surface area contributed by atoms with E-state index in [1.807, 2.05) is 48.9 Å². The van der Waals surface area contributed by atoms with Crippen LogP contribution in [0.3, 0.4) is 0 Å². The summed E-state index contributed by atoms with van der Waals surface area (Å²) in [6.07, 6.45) is 23.1. The molecule has 0 fully saturated rings. The van der Waals surface area contributed by atoms with Gasteiger partial charge in [0.25, 0.3) is 0 Å². The van der Waals surface area contributed by atoms with Crippen LogP contribution in [0.2, 0.25) is 0 Å². The molecule has 2 aliphatic rings. The van der Waals surface area contributed by atoms with Crippen LogP contribution in [-0.2, 0) is 0 Å². The van der Waals surface area contributed by atoms with Crippen molar-refractivity contribution in [2.24, 2.45) is 10.2 Å². The fraction of sp³-hybridized carbons (Fsp3) is 0.235. The first-order valence-electron chi connectivity index (χ1n) is 13.6. The smallest absolute Gasteiger partial charge is 0.0593 e. The average Bonchev–Trinajstić information content (AvgIpc) is 3.56. The van der Waals surface area contributed by atoms with E-state index in [0.29, 0.717) is 0 Å². The van der Waals surface area contributed by atoms with Crippen molar-refractivity contribution in [1.29, 1.82) is 0 Å². The fourth-order valence-electron chi connectivity index (χ4n) is 4.40. The lowest BCUT2D eigenvalue weighted by Crippen LogP contribution is -2.18. The van der Waals surface area contributed by atoms with E-state index in [9.17, 15) is 0 Å². The maximum absolute atomic E-state index is 4.78.